The summed E-state index contributed by atoms with van der Waals surface area (Å²) in [7, 11) is 1.83. The second-order valence-electron chi connectivity index (χ2n) is 4.59. The van der Waals surface area contributed by atoms with E-state index in [4.69, 9.17) is 4.74 Å². The molecule has 1 aliphatic carbocycles. The molecule has 0 amide bonds. The number of hydrogen-bond acceptors (Lipinski definition) is 3. The van der Waals surface area contributed by atoms with Crippen molar-refractivity contribution in [3.8, 4) is 0 Å². The van der Waals surface area contributed by atoms with Crippen molar-refractivity contribution in [3.05, 3.63) is 16.1 Å². The van der Waals surface area contributed by atoms with Gasteiger partial charge in [-0.3, -0.25) is 0 Å². The zero-order valence-electron chi connectivity index (χ0n) is 10.2. The molecule has 2 nitrogen and oxygen atoms in total. The molecule has 3 heteroatoms. The van der Waals surface area contributed by atoms with E-state index >= 15 is 0 Å². The molecule has 0 N–H and O–H groups in total. The molecule has 0 spiro atoms. The number of ether oxygens (including phenoxy) is 1. The molecule has 1 unspecified atom stereocenters. The Morgan fingerprint density at radius 2 is 2.19 bits per heavy atom. The summed E-state index contributed by atoms with van der Waals surface area (Å²) in [4.78, 5) is 4.67. The second-order valence-corrected chi connectivity index (χ2v) is 5.47. The molecule has 0 aromatic carbocycles. The van der Waals surface area contributed by atoms with Crippen molar-refractivity contribution in [2.45, 2.75) is 51.6 Å². The molecule has 2 rings (SSSR count). The van der Waals surface area contributed by atoms with E-state index in [9.17, 15) is 0 Å². The van der Waals surface area contributed by atoms with Gasteiger partial charge in [-0.25, -0.2) is 4.98 Å². The highest BCUT2D eigenvalue weighted by atomic mass is 32.1. The van der Waals surface area contributed by atoms with Crippen LogP contribution in [0.4, 0.5) is 0 Å². The van der Waals surface area contributed by atoms with Crippen molar-refractivity contribution >= 4 is 11.3 Å². The van der Waals surface area contributed by atoms with Gasteiger partial charge in [0.1, 0.15) is 11.1 Å². The Morgan fingerprint density at radius 1 is 1.44 bits per heavy atom. The van der Waals surface area contributed by atoms with Crippen LogP contribution in [-0.4, -0.2) is 12.1 Å². The van der Waals surface area contributed by atoms with E-state index in [1.165, 1.54) is 42.8 Å². The number of rotatable bonds is 4. The molecule has 0 bridgehead atoms. The van der Waals surface area contributed by atoms with Crippen LogP contribution in [0.1, 0.15) is 55.8 Å². The van der Waals surface area contributed by atoms with Gasteiger partial charge in [0.2, 0.25) is 0 Å². The third-order valence-corrected chi connectivity index (χ3v) is 4.46. The van der Waals surface area contributed by atoms with Gasteiger partial charge >= 0.3 is 0 Å². The van der Waals surface area contributed by atoms with Gasteiger partial charge in [0.15, 0.2) is 0 Å². The number of nitrogens with zero attached hydrogens (tertiary/aromatic N) is 1. The predicted molar refractivity (Wildman–Crippen MR) is 67.8 cm³/mol. The van der Waals surface area contributed by atoms with E-state index in [2.05, 4.69) is 17.3 Å². The highest BCUT2D eigenvalue weighted by molar-refractivity contribution is 7.09. The zero-order valence-corrected chi connectivity index (χ0v) is 11.1. The molecule has 1 fully saturated rings. The summed E-state index contributed by atoms with van der Waals surface area (Å²) in [6, 6.07) is 0. The summed E-state index contributed by atoms with van der Waals surface area (Å²) in [6.45, 7) is 2.15. The Hall–Kier alpha value is -0.410. The third kappa shape index (κ3) is 2.64. The van der Waals surface area contributed by atoms with E-state index in [1.54, 1.807) is 11.3 Å². The lowest BCUT2D eigenvalue weighted by molar-refractivity contribution is 0.0351. The number of hydrogen-bond donors (Lipinski definition) is 0. The Kier molecular flexibility index (Phi) is 4.36. The first-order valence-corrected chi connectivity index (χ1v) is 7.20. The fourth-order valence-corrected chi connectivity index (χ4v) is 3.62. The monoisotopic (exact) mass is 239 g/mol. The van der Waals surface area contributed by atoms with Gasteiger partial charge in [-0.2, -0.15) is 0 Å². The first kappa shape index (κ1) is 12.1. The SMILES string of the molecule is CCc1csc(C(OC)C2CCCCC2)n1. The quantitative estimate of drug-likeness (QED) is 0.793. The largest absolute Gasteiger partial charge is 0.374 e. The highest BCUT2D eigenvalue weighted by Crippen LogP contribution is 2.37. The molecule has 1 aromatic heterocycles. The lowest BCUT2D eigenvalue weighted by Crippen LogP contribution is -2.17. The van der Waals surface area contributed by atoms with Gasteiger partial charge in [0.05, 0.1) is 5.69 Å². The molecule has 1 aliphatic rings. The minimum atomic E-state index is 0.241. The Labute approximate surface area is 102 Å². The number of methoxy groups -OCH3 is 1. The van der Waals surface area contributed by atoms with Crippen molar-refractivity contribution < 1.29 is 4.74 Å². The molecule has 1 aromatic rings. The lowest BCUT2D eigenvalue weighted by Gasteiger charge is -2.27. The summed E-state index contributed by atoms with van der Waals surface area (Å²) in [6.07, 6.45) is 7.99. The fourth-order valence-electron chi connectivity index (χ4n) is 2.55. The average molecular weight is 239 g/mol. The van der Waals surface area contributed by atoms with Gasteiger partial charge in [-0.15, -0.1) is 11.3 Å². The van der Waals surface area contributed by atoms with Crippen molar-refractivity contribution in [2.75, 3.05) is 7.11 Å². The maximum atomic E-state index is 5.68. The molecule has 0 aliphatic heterocycles. The number of aromatic nitrogens is 1. The lowest BCUT2D eigenvalue weighted by atomic mass is 9.85. The zero-order chi connectivity index (χ0) is 11.4. The molecule has 0 radical (unpaired) electrons. The van der Waals surface area contributed by atoms with Gasteiger partial charge in [-0.05, 0) is 25.2 Å². The van der Waals surface area contributed by atoms with Gasteiger partial charge < -0.3 is 4.74 Å². The van der Waals surface area contributed by atoms with E-state index in [0.29, 0.717) is 5.92 Å². The van der Waals surface area contributed by atoms with Crippen LogP contribution >= 0.6 is 11.3 Å². The molecule has 1 saturated carbocycles. The van der Waals surface area contributed by atoms with Crippen LogP contribution in [0, 0.1) is 5.92 Å². The fraction of sp³-hybridized carbons (Fsp3) is 0.769. The normalized spacial score (nSPS) is 19.9. The van der Waals surface area contributed by atoms with Crippen molar-refractivity contribution in [2.24, 2.45) is 5.92 Å². The first-order valence-electron chi connectivity index (χ1n) is 6.32. The van der Waals surface area contributed by atoms with E-state index in [0.717, 1.165) is 6.42 Å². The molecule has 0 saturated heterocycles. The summed E-state index contributed by atoms with van der Waals surface area (Å²) < 4.78 is 5.68. The second kappa shape index (κ2) is 5.78. The highest BCUT2D eigenvalue weighted by Gasteiger charge is 2.27. The predicted octanol–water partition coefficient (Wildman–Crippen LogP) is 3.97. The van der Waals surface area contributed by atoms with Gasteiger partial charge in [0.25, 0.3) is 0 Å². The number of thiazole rings is 1. The summed E-state index contributed by atoms with van der Waals surface area (Å²) >= 11 is 1.76. The standard InChI is InChI=1S/C13H21NOS/c1-3-11-9-16-13(14-11)12(15-2)10-7-5-4-6-8-10/h9-10,12H,3-8H2,1-2H3. The molecule has 16 heavy (non-hydrogen) atoms. The maximum Gasteiger partial charge on any atom is 0.122 e. The third-order valence-electron chi connectivity index (χ3n) is 3.51. The maximum absolute atomic E-state index is 5.68. The van der Waals surface area contributed by atoms with Crippen LogP contribution in [-0.2, 0) is 11.2 Å². The van der Waals surface area contributed by atoms with Crippen LogP contribution < -0.4 is 0 Å². The first-order chi connectivity index (χ1) is 7.85. The molecular weight excluding hydrogens is 218 g/mol. The molecular formula is C13H21NOS. The van der Waals surface area contributed by atoms with Crippen LogP contribution in [0.3, 0.4) is 0 Å². The van der Waals surface area contributed by atoms with Crippen LogP contribution in [0.15, 0.2) is 5.38 Å². The summed E-state index contributed by atoms with van der Waals surface area (Å²) in [5.41, 5.74) is 1.21. The molecule has 1 atom stereocenters. The van der Waals surface area contributed by atoms with Crippen LogP contribution in [0.2, 0.25) is 0 Å². The van der Waals surface area contributed by atoms with E-state index in [1.807, 2.05) is 7.11 Å². The van der Waals surface area contributed by atoms with Crippen LogP contribution in [0.25, 0.3) is 0 Å². The Bertz CT molecular complexity index is 317. The van der Waals surface area contributed by atoms with Crippen molar-refractivity contribution in [3.63, 3.8) is 0 Å². The minimum Gasteiger partial charge on any atom is -0.374 e. The minimum absolute atomic E-state index is 0.241. The molecule has 90 valence electrons. The topological polar surface area (TPSA) is 22.1 Å². The average Bonchev–Trinajstić information content (AvgIpc) is 2.80. The number of aryl methyl sites for hydroxylation is 1. The van der Waals surface area contributed by atoms with E-state index < -0.39 is 0 Å². The summed E-state index contributed by atoms with van der Waals surface area (Å²) in [5.74, 6) is 0.689. The van der Waals surface area contributed by atoms with Gasteiger partial charge in [-0.1, -0.05) is 26.2 Å². The van der Waals surface area contributed by atoms with Crippen LogP contribution in [0.5, 0.6) is 0 Å². The van der Waals surface area contributed by atoms with Crippen molar-refractivity contribution in [1.29, 1.82) is 0 Å². The Morgan fingerprint density at radius 3 is 2.75 bits per heavy atom. The Balaban J connectivity index is 2.08. The summed E-state index contributed by atoms with van der Waals surface area (Å²) in [5, 5.41) is 3.36. The van der Waals surface area contributed by atoms with Crippen molar-refractivity contribution in [1.82, 2.24) is 4.98 Å². The van der Waals surface area contributed by atoms with Gasteiger partial charge in [0, 0.05) is 12.5 Å². The smallest absolute Gasteiger partial charge is 0.122 e. The molecule has 1 heterocycles. The van der Waals surface area contributed by atoms with E-state index in [-0.39, 0.29) is 6.10 Å².